The molecular weight excluding hydrogens is 278 g/mol. The van der Waals surface area contributed by atoms with Crippen molar-refractivity contribution in [2.75, 3.05) is 50.1 Å². The molecule has 1 amide bonds. The number of amides is 1. The minimum atomic E-state index is 0.0104. The fourth-order valence-corrected chi connectivity index (χ4v) is 2.63. The second-order valence-electron chi connectivity index (χ2n) is 5.64. The van der Waals surface area contributed by atoms with Crippen molar-refractivity contribution in [2.45, 2.75) is 25.7 Å². The highest BCUT2D eigenvalue weighted by atomic mass is 16.5. The summed E-state index contributed by atoms with van der Waals surface area (Å²) >= 11 is 0. The molecule has 22 heavy (non-hydrogen) atoms. The Hall–Kier alpha value is -1.75. The van der Waals surface area contributed by atoms with Crippen LogP contribution in [0, 0.1) is 0 Å². The van der Waals surface area contributed by atoms with Crippen LogP contribution in [0.2, 0.25) is 0 Å². The van der Waals surface area contributed by atoms with E-state index in [2.05, 4.69) is 27.7 Å². The molecule has 0 spiro atoms. The normalized spacial score (nSPS) is 14.7. The quantitative estimate of drug-likeness (QED) is 0.723. The van der Waals surface area contributed by atoms with Gasteiger partial charge in [0.15, 0.2) is 0 Å². The fraction of sp³-hybridized carbons (Fsp3) is 0.588. The Labute approximate surface area is 133 Å². The monoisotopic (exact) mass is 305 g/mol. The smallest absolute Gasteiger partial charge is 0.239 e. The van der Waals surface area contributed by atoms with Crippen molar-refractivity contribution >= 4 is 17.3 Å². The van der Waals surface area contributed by atoms with E-state index >= 15 is 0 Å². The molecule has 0 aliphatic carbocycles. The lowest BCUT2D eigenvalue weighted by atomic mass is 10.1. The number of rotatable bonds is 8. The van der Waals surface area contributed by atoms with Gasteiger partial charge in [-0.15, -0.1) is 0 Å². The molecule has 1 aromatic carbocycles. The summed E-state index contributed by atoms with van der Waals surface area (Å²) in [5.41, 5.74) is 2.25. The van der Waals surface area contributed by atoms with E-state index in [1.807, 2.05) is 12.1 Å². The lowest BCUT2D eigenvalue weighted by Crippen LogP contribution is -2.31. The number of carbonyl (C=O) groups is 1. The molecular formula is C17H27N3O2. The summed E-state index contributed by atoms with van der Waals surface area (Å²) in [6.45, 7) is 3.93. The average molecular weight is 305 g/mol. The van der Waals surface area contributed by atoms with Gasteiger partial charge < -0.3 is 20.3 Å². The van der Waals surface area contributed by atoms with Crippen LogP contribution >= 0.6 is 0 Å². The highest BCUT2D eigenvalue weighted by Crippen LogP contribution is 2.21. The fourth-order valence-electron chi connectivity index (χ4n) is 2.63. The third-order valence-electron chi connectivity index (χ3n) is 3.89. The molecule has 5 heteroatoms. The molecule has 0 bridgehead atoms. The van der Waals surface area contributed by atoms with E-state index in [9.17, 15) is 4.79 Å². The van der Waals surface area contributed by atoms with Crippen LogP contribution in [-0.2, 0) is 9.53 Å². The van der Waals surface area contributed by atoms with Crippen LogP contribution in [-0.4, -0.2) is 45.8 Å². The molecule has 122 valence electrons. The van der Waals surface area contributed by atoms with Crippen LogP contribution in [0.5, 0.6) is 0 Å². The summed E-state index contributed by atoms with van der Waals surface area (Å²) in [6, 6.07) is 8.35. The van der Waals surface area contributed by atoms with E-state index in [0.717, 1.165) is 25.2 Å². The summed E-state index contributed by atoms with van der Waals surface area (Å²) < 4.78 is 4.94. The molecule has 1 aliphatic heterocycles. The minimum absolute atomic E-state index is 0.0104. The zero-order chi connectivity index (χ0) is 15.6. The van der Waals surface area contributed by atoms with Crippen LogP contribution in [0.15, 0.2) is 24.3 Å². The summed E-state index contributed by atoms with van der Waals surface area (Å²) in [5.74, 6) is 0.0104. The molecule has 1 aromatic rings. The van der Waals surface area contributed by atoms with Gasteiger partial charge in [-0.25, -0.2) is 0 Å². The van der Waals surface area contributed by atoms with Crippen LogP contribution in [0.1, 0.15) is 25.7 Å². The SMILES string of the molecule is COCCCNC(=O)CNc1ccc(N2CCCCC2)cc1. The van der Waals surface area contributed by atoms with Crippen molar-refractivity contribution in [1.29, 1.82) is 0 Å². The molecule has 0 atom stereocenters. The average Bonchev–Trinajstić information content (AvgIpc) is 2.58. The first-order valence-electron chi connectivity index (χ1n) is 8.14. The van der Waals surface area contributed by atoms with E-state index in [-0.39, 0.29) is 5.91 Å². The lowest BCUT2D eigenvalue weighted by molar-refractivity contribution is -0.119. The van der Waals surface area contributed by atoms with Crippen LogP contribution in [0.3, 0.4) is 0 Å². The van der Waals surface area contributed by atoms with Crippen molar-refractivity contribution in [3.8, 4) is 0 Å². The van der Waals surface area contributed by atoms with Gasteiger partial charge in [-0.2, -0.15) is 0 Å². The van der Waals surface area contributed by atoms with Crippen molar-refractivity contribution < 1.29 is 9.53 Å². The third kappa shape index (κ3) is 5.56. The van der Waals surface area contributed by atoms with Crippen molar-refractivity contribution in [2.24, 2.45) is 0 Å². The Morgan fingerprint density at radius 2 is 1.91 bits per heavy atom. The van der Waals surface area contributed by atoms with Gasteiger partial charge in [0.05, 0.1) is 6.54 Å². The lowest BCUT2D eigenvalue weighted by Gasteiger charge is -2.28. The van der Waals surface area contributed by atoms with Crippen LogP contribution < -0.4 is 15.5 Å². The Bertz CT molecular complexity index is 442. The highest BCUT2D eigenvalue weighted by Gasteiger charge is 2.10. The maximum Gasteiger partial charge on any atom is 0.239 e. The molecule has 1 aliphatic rings. The van der Waals surface area contributed by atoms with Gasteiger partial charge in [0.1, 0.15) is 0 Å². The molecule has 0 unspecified atom stereocenters. The second-order valence-corrected chi connectivity index (χ2v) is 5.64. The zero-order valence-electron chi connectivity index (χ0n) is 13.4. The molecule has 0 radical (unpaired) electrons. The largest absolute Gasteiger partial charge is 0.385 e. The Morgan fingerprint density at radius 1 is 1.18 bits per heavy atom. The molecule has 2 N–H and O–H groups in total. The molecule has 0 saturated carbocycles. The Kier molecular flexibility index (Phi) is 7.03. The Balaban J connectivity index is 1.70. The van der Waals surface area contributed by atoms with E-state index in [0.29, 0.717) is 19.7 Å². The number of carbonyl (C=O) groups excluding carboxylic acids is 1. The molecule has 0 aromatic heterocycles. The number of hydrogen-bond acceptors (Lipinski definition) is 4. The molecule has 1 fully saturated rings. The number of nitrogens with zero attached hydrogens (tertiary/aromatic N) is 1. The summed E-state index contributed by atoms with van der Waals surface area (Å²) in [4.78, 5) is 14.1. The van der Waals surface area contributed by atoms with Gasteiger partial charge in [0, 0.05) is 44.7 Å². The van der Waals surface area contributed by atoms with Crippen LogP contribution in [0.25, 0.3) is 0 Å². The predicted molar refractivity (Wildman–Crippen MR) is 90.5 cm³/mol. The predicted octanol–water partition coefficient (Wildman–Crippen LogP) is 2.24. The number of benzene rings is 1. The number of ether oxygens (including phenoxy) is 1. The van der Waals surface area contributed by atoms with E-state index in [1.165, 1.54) is 24.9 Å². The maximum atomic E-state index is 11.7. The van der Waals surface area contributed by atoms with Gasteiger partial charge in [-0.3, -0.25) is 4.79 Å². The van der Waals surface area contributed by atoms with Crippen molar-refractivity contribution in [3.63, 3.8) is 0 Å². The van der Waals surface area contributed by atoms with Gasteiger partial charge in [0.25, 0.3) is 0 Å². The topological polar surface area (TPSA) is 53.6 Å². The minimum Gasteiger partial charge on any atom is -0.385 e. The zero-order valence-corrected chi connectivity index (χ0v) is 13.4. The van der Waals surface area contributed by atoms with Gasteiger partial charge in [-0.1, -0.05) is 0 Å². The van der Waals surface area contributed by atoms with Crippen LogP contribution in [0.4, 0.5) is 11.4 Å². The summed E-state index contributed by atoms with van der Waals surface area (Å²) in [6.07, 6.45) is 4.74. The Morgan fingerprint density at radius 3 is 2.59 bits per heavy atom. The van der Waals surface area contributed by atoms with E-state index < -0.39 is 0 Å². The molecule has 1 heterocycles. The third-order valence-corrected chi connectivity index (χ3v) is 3.89. The first kappa shape index (κ1) is 16.6. The first-order chi connectivity index (χ1) is 10.8. The number of anilines is 2. The molecule has 1 saturated heterocycles. The molecule has 5 nitrogen and oxygen atoms in total. The van der Waals surface area contributed by atoms with E-state index in [1.54, 1.807) is 7.11 Å². The van der Waals surface area contributed by atoms with Crippen molar-refractivity contribution in [3.05, 3.63) is 24.3 Å². The van der Waals surface area contributed by atoms with Gasteiger partial charge in [-0.05, 0) is 49.9 Å². The highest BCUT2D eigenvalue weighted by molar-refractivity contribution is 5.80. The van der Waals surface area contributed by atoms with E-state index in [4.69, 9.17) is 4.74 Å². The summed E-state index contributed by atoms with van der Waals surface area (Å²) in [5, 5.41) is 6.01. The maximum absolute atomic E-state index is 11.7. The number of methoxy groups -OCH3 is 1. The number of hydrogen-bond donors (Lipinski definition) is 2. The first-order valence-corrected chi connectivity index (χ1v) is 8.14. The molecule has 2 rings (SSSR count). The van der Waals surface area contributed by atoms with Gasteiger partial charge >= 0.3 is 0 Å². The second kappa shape index (κ2) is 9.30. The number of nitrogens with one attached hydrogen (secondary N) is 2. The summed E-state index contributed by atoms with van der Waals surface area (Å²) in [7, 11) is 1.66. The van der Waals surface area contributed by atoms with Crippen molar-refractivity contribution in [1.82, 2.24) is 5.32 Å². The standard InChI is InChI=1S/C17H27N3O2/c1-22-13-5-10-18-17(21)14-19-15-6-8-16(9-7-15)20-11-3-2-4-12-20/h6-9,19H,2-5,10-14H2,1H3,(H,18,21). The van der Waals surface area contributed by atoms with Gasteiger partial charge in [0.2, 0.25) is 5.91 Å². The number of piperidine rings is 1.